The van der Waals surface area contributed by atoms with Gasteiger partial charge in [0.05, 0.1) is 9.79 Å². The van der Waals surface area contributed by atoms with E-state index >= 15 is 0 Å². The molecule has 0 spiro atoms. The average molecular weight is 475 g/mol. The normalized spacial score (nSPS) is 11.8. The van der Waals surface area contributed by atoms with Crippen LogP contribution in [0.4, 0.5) is 0 Å². The molecule has 0 radical (unpaired) electrons. The minimum absolute atomic E-state index is 0.134. The standard InChI is InChI=1S/C28H42O4S/c1-5-9-13-21-17-25(29)18-22(14-10-6-2)27(21)33(31,32)28-23(15-11-7-3)19-26(30)20-24(28)16-12-8-4/h17-20,29-30H,5-16H2,1-4H3. The highest BCUT2D eigenvalue weighted by molar-refractivity contribution is 7.91. The molecule has 4 nitrogen and oxygen atoms in total. The molecule has 2 aromatic carbocycles. The van der Waals surface area contributed by atoms with E-state index in [0.717, 1.165) is 51.4 Å². The summed E-state index contributed by atoms with van der Waals surface area (Å²) in [5.41, 5.74) is 2.83. The van der Waals surface area contributed by atoms with Crippen LogP contribution in [0.25, 0.3) is 0 Å². The zero-order chi connectivity index (χ0) is 24.4. The molecule has 0 atom stereocenters. The van der Waals surface area contributed by atoms with Crippen molar-refractivity contribution in [2.24, 2.45) is 0 Å². The minimum atomic E-state index is -3.84. The Morgan fingerprint density at radius 2 is 0.788 bits per heavy atom. The van der Waals surface area contributed by atoms with Crippen LogP contribution in [0, 0.1) is 0 Å². The predicted octanol–water partition coefficient (Wildman–Crippen LogP) is 7.30. The number of hydrogen-bond acceptors (Lipinski definition) is 4. The van der Waals surface area contributed by atoms with Gasteiger partial charge in [0, 0.05) is 0 Å². The van der Waals surface area contributed by atoms with E-state index in [2.05, 4.69) is 27.7 Å². The van der Waals surface area contributed by atoms with Gasteiger partial charge < -0.3 is 10.2 Å². The molecule has 0 bridgehead atoms. The molecule has 184 valence electrons. The Balaban J connectivity index is 2.83. The van der Waals surface area contributed by atoms with Gasteiger partial charge in [-0.25, -0.2) is 8.42 Å². The summed E-state index contributed by atoms with van der Waals surface area (Å²) in [6.45, 7) is 8.34. The fourth-order valence-corrected chi connectivity index (χ4v) is 6.70. The fraction of sp³-hybridized carbons (Fsp3) is 0.571. The Kier molecular flexibility index (Phi) is 10.7. The predicted molar refractivity (Wildman–Crippen MR) is 136 cm³/mol. The molecule has 0 fully saturated rings. The van der Waals surface area contributed by atoms with Crippen molar-refractivity contribution >= 4 is 9.84 Å². The third-order valence-electron chi connectivity index (χ3n) is 6.19. The van der Waals surface area contributed by atoms with E-state index in [1.165, 1.54) is 0 Å². The van der Waals surface area contributed by atoms with Crippen molar-refractivity contribution in [3.63, 3.8) is 0 Å². The lowest BCUT2D eigenvalue weighted by molar-refractivity contribution is 0.472. The van der Waals surface area contributed by atoms with Crippen LogP contribution in [-0.4, -0.2) is 18.6 Å². The molecule has 0 unspecified atom stereocenters. The lowest BCUT2D eigenvalue weighted by Gasteiger charge is -2.21. The molecule has 0 aliphatic carbocycles. The van der Waals surface area contributed by atoms with Crippen LogP contribution < -0.4 is 0 Å². The molecule has 2 N–H and O–H groups in total. The maximum Gasteiger partial charge on any atom is 0.207 e. The molecule has 0 amide bonds. The Hall–Kier alpha value is -2.01. The van der Waals surface area contributed by atoms with Gasteiger partial charge in [0.25, 0.3) is 0 Å². The summed E-state index contributed by atoms with van der Waals surface area (Å²) >= 11 is 0. The van der Waals surface area contributed by atoms with Gasteiger partial charge in [-0.05, 0) is 97.9 Å². The van der Waals surface area contributed by atoms with E-state index in [1.807, 2.05) is 0 Å². The topological polar surface area (TPSA) is 74.6 Å². The van der Waals surface area contributed by atoms with Crippen molar-refractivity contribution < 1.29 is 18.6 Å². The molecule has 5 heteroatoms. The summed E-state index contributed by atoms with van der Waals surface area (Å²) in [6.07, 6.45) is 9.70. The van der Waals surface area contributed by atoms with E-state index in [9.17, 15) is 18.6 Å². The fourth-order valence-electron chi connectivity index (χ4n) is 4.48. The molecule has 0 aliphatic rings. The highest BCUT2D eigenvalue weighted by atomic mass is 32.2. The quantitative estimate of drug-likeness (QED) is 0.301. The number of phenolic OH excluding ortho intramolecular Hbond substituents is 2. The summed E-state index contributed by atoms with van der Waals surface area (Å²) in [5, 5.41) is 20.8. The van der Waals surface area contributed by atoms with Gasteiger partial charge in [0.2, 0.25) is 9.84 Å². The first kappa shape index (κ1) is 27.2. The number of hydrogen-bond donors (Lipinski definition) is 2. The average Bonchev–Trinajstić information content (AvgIpc) is 2.77. The highest BCUT2D eigenvalue weighted by Gasteiger charge is 2.30. The van der Waals surface area contributed by atoms with Crippen molar-refractivity contribution in [2.75, 3.05) is 0 Å². The first-order valence-corrected chi connectivity index (χ1v) is 14.2. The first-order chi connectivity index (χ1) is 15.8. The van der Waals surface area contributed by atoms with Crippen molar-refractivity contribution in [3.8, 4) is 11.5 Å². The number of aromatic hydroxyl groups is 2. The number of phenols is 2. The smallest absolute Gasteiger partial charge is 0.207 e. The number of sulfone groups is 1. The van der Waals surface area contributed by atoms with Gasteiger partial charge in [-0.1, -0.05) is 53.4 Å². The second-order valence-corrected chi connectivity index (χ2v) is 10.9. The number of benzene rings is 2. The van der Waals surface area contributed by atoms with Gasteiger partial charge in [-0.3, -0.25) is 0 Å². The van der Waals surface area contributed by atoms with E-state index in [4.69, 9.17) is 0 Å². The van der Waals surface area contributed by atoms with Crippen LogP contribution in [0.15, 0.2) is 34.1 Å². The molecule has 0 heterocycles. The second kappa shape index (κ2) is 13.0. The third-order valence-corrected chi connectivity index (χ3v) is 8.31. The summed E-state index contributed by atoms with van der Waals surface area (Å²) in [5.74, 6) is 0.267. The Morgan fingerprint density at radius 3 is 1.00 bits per heavy atom. The summed E-state index contributed by atoms with van der Waals surface area (Å²) < 4.78 is 28.9. The molecular weight excluding hydrogens is 432 g/mol. The highest BCUT2D eigenvalue weighted by Crippen LogP contribution is 2.38. The van der Waals surface area contributed by atoms with Crippen LogP contribution in [0.1, 0.15) is 101 Å². The third kappa shape index (κ3) is 6.99. The second-order valence-electron chi connectivity index (χ2n) is 9.10. The van der Waals surface area contributed by atoms with Gasteiger partial charge in [0.15, 0.2) is 0 Å². The minimum Gasteiger partial charge on any atom is -0.508 e. The van der Waals surface area contributed by atoms with E-state index in [-0.39, 0.29) is 11.5 Å². The first-order valence-electron chi connectivity index (χ1n) is 12.7. The summed E-state index contributed by atoms with van der Waals surface area (Å²) in [7, 11) is -3.84. The van der Waals surface area contributed by atoms with Gasteiger partial charge in [0.1, 0.15) is 11.5 Å². The SMILES string of the molecule is CCCCc1cc(O)cc(CCCC)c1S(=O)(=O)c1c(CCCC)cc(O)cc1CCCC. The Bertz CT molecular complexity index is 875. The monoisotopic (exact) mass is 474 g/mol. The zero-order valence-corrected chi connectivity index (χ0v) is 21.7. The Morgan fingerprint density at radius 1 is 0.545 bits per heavy atom. The largest absolute Gasteiger partial charge is 0.508 e. The summed E-state index contributed by atoms with van der Waals surface area (Å²) in [6, 6.07) is 6.54. The molecule has 2 rings (SSSR count). The number of aryl methyl sites for hydroxylation is 4. The van der Waals surface area contributed by atoms with Crippen molar-refractivity contribution in [1.29, 1.82) is 0 Å². The van der Waals surface area contributed by atoms with Crippen LogP contribution in [0.5, 0.6) is 11.5 Å². The molecular formula is C28H42O4S. The van der Waals surface area contributed by atoms with E-state index in [0.29, 0.717) is 57.7 Å². The van der Waals surface area contributed by atoms with Crippen LogP contribution >= 0.6 is 0 Å². The molecule has 0 saturated heterocycles. The van der Waals surface area contributed by atoms with Crippen molar-refractivity contribution in [1.82, 2.24) is 0 Å². The lowest BCUT2D eigenvalue weighted by atomic mass is 10.0. The maximum absolute atomic E-state index is 14.4. The lowest BCUT2D eigenvalue weighted by Crippen LogP contribution is -2.15. The summed E-state index contributed by atoms with van der Waals surface area (Å²) in [4.78, 5) is 0.756. The number of unbranched alkanes of at least 4 members (excludes halogenated alkanes) is 4. The van der Waals surface area contributed by atoms with Crippen LogP contribution in [-0.2, 0) is 35.5 Å². The molecule has 2 aromatic rings. The van der Waals surface area contributed by atoms with Crippen molar-refractivity contribution in [3.05, 3.63) is 46.5 Å². The van der Waals surface area contributed by atoms with Crippen LogP contribution in [0.3, 0.4) is 0 Å². The van der Waals surface area contributed by atoms with Gasteiger partial charge in [-0.2, -0.15) is 0 Å². The number of rotatable bonds is 14. The maximum atomic E-state index is 14.4. The van der Waals surface area contributed by atoms with Crippen molar-refractivity contribution in [2.45, 2.75) is 115 Å². The molecule has 0 saturated carbocycles. The molecule has 0 aliphatic heterocycles. The Labute approximate surface area is 201 Å². The molecule has 33 heavy (non-hydrogen) atoms. The van der Waals surface area contributed by atoms with Gasteiger partial charge in [-0.15, -0.1) is 0 Å². The van der Waals surface area contributed by atoms with Crippen LogP contribution in [0.2, 0.25) is 0 Å². The van der Waals surface area contributed by atoms with E-state index in [1.54, 1.807) is 24.3 Å². The van der Waals surface area contributed by atoms with E-state index < -0.39 is 9.84 Å². The zero-order valence-electron chi connectivity index (χ0n) is 20.9. The molecule has 0 aromatic heterocycles. The van der Waals surface area contributed by atoms with Gasteiger partial charge >= 0.3 is 0 Å².